The second kappa shape index (κ2) is 9.17. The largest absolute Gasteiger partial charge is 0.363 e. The number of amides is 2. The van der Waals surface area contributed by atoms with Crippen LogP contribution >= 0.6 is 11.8 Å². The Morgan fingerprint density at radius 1 is 1.25 bits per heavy atom. The molecule has 2 N–H and O–H groups in total. The molecule has 5 nitrogen and oxygen atoms in total. The molecule has 0 radical (unpaired) electrons. The predicted molar refractivity (Wildman–Crippen MR) is 102 cm³/mol. The van der Waals surface area contributed by atoms with Crippen LogP contribution in [0.4, 0.5) is 10.6 Å². The fourth-order valence-electron chi connectivity index (χ4n) is 2.28. The summed E-state index contributed by atoms with van der Waals surface area (Å²) in [4.78, 5) is 18.4. The molecule has 0 saturated heterocycles. The third-order valence-electron chi connectivity index (χ3n) is 3.56. The van der Waals surface area contributed by atoms with Crippen molar-refractivity contribution in [3.8, 4) is 0 Å². The standard InChI is InChI=1S/C18H24N4OS/c1-22(2)17-11-14(9-10-19-17)12-20-18(23)21-16(13-24-3)15-7-5-4-6-8-15/h4-11,16H,12-13H2,1-3H3,(H2,20,21,23). The van der Waals surface area contributed by atoms with E-state index in [0.29, 0.717) is 6.54 Å². The van der Waals surface area contributed by atoms with Gasteiger partial charge in [-0.2, -0.15) is 11.8 Å². The molecule has 2 rings (SSSR count). The maximum atomic E-state index is 12.2. The Balaban J connectivity index is 1.93. The Kier molecular flexibility index (Phi) is 6.93. The van der Waals surface area contributed by atoms with Crippen molar-refractivity contribution in [3.05, 3.63) is 59.8 Å². The van der Waals surface area contributed by atoms with E-state index < -0.39 is 0 Å². The number of nitrogens with zero attached hydrogens (tertiary/aromatic N) is 2. The number of aromatic nitrogens is 1. The molecule has 24 heavy (non-hydrogen) atoms. The molecular formula is C18H24N4OS. The lowest BCUT2D eigenvalue weighted by Crippen LogP contribution is -2.38. The molecule has 0 aliphatic rings. The van der Waals surface area contributed by atoms with Crippen LogP contribution in [0.25, 0.3) is 0 Å². The lowest BCUT2D eigenvalue weighted by molar-refractivity contribution is 0.237. The SMILES string of the molecule is CSCC(NC(=O)NCc1ccnc(N(C)C)c1)c1ccccc1. The van der Waals surface area contributed by atoms with Gasteiger partial charge in [0.15, 0.2) is 0 Å². The van der Waals surface area contributed by atoms with Crippen LogP contribution in [0.2, 0.25) is 0 Å². The number of rotatable bonds is 7. The van der Waals surface area contributed by atoms with Crippen molar-refractivity contribution in [2.45, 2.75) is 12.6 Å². The third kappa shape index (κ3) is 5.45. The van der Waals surface area contributed by atoms with Crippen LogP contribution in [-0.2, 0) is 6.54 Å². The number of carbonyl (C=O) groups excluding carboxylic acids is 1. The van der Waals surface area contributed by atoms with Gasteiger partial charge in [0.25, 0.3) is 0 Å². The quantitative estimate of drug-likeness (QED) is 0.810. The highest BCUT2D eigenvalue weighted by atomic mass is 32.2. The maximum Gasteiger partial charge on any atom is 0.315 e. The van der Waals surface area contributed by atoms with Crippen LogP contribution in [0.5, 0.6) is 0 Å². The number of urea groups is 1. The summed E-state index contributed by atoms with van der Waals surface area (Å²) in [5.41, 5.74) is 2.13. The number of thioether (sulfide) groups is 1. The van der Waals surface area contributed by atoms with E-state index >= 15 is 0 Å². The van der Waals surface area contributed by atoms with Gasteiger partial charge in [-0.1, -0.05) is 30.3 Å². The van der Waals surface area contributed by atoms with Crippen LogP contribution < -0.4 is 15.5 Å². The maximum absolute atomic E-state index is 12.2. The highest BCUT2D eigenvalue weighted by molar-refractivity contribution is 7.98. The Labute approximate surface area is 147 Å². The Morgan fingerprint density at radius 2 is 2.00 bits per heavy atom. The van der Waals surface area contributed by atoms with Gasteiger partial charge >= 0.3 is 6.03 Å². The highest BCUT2D eigenvalue weighted by Gasteiger charge is 2.13. The van der Waals surface area contributed by atoms with E-state index in [1.165, 1.54) is 0 Å². The van der Waals surface area contributed by atoms with Crippen molar-refractivity contribution in [1.82, 2.24) is 15.6 Å². The molecule has 0 saturated carbocycles. The number of benzene rings is 1. The highest BCUT2D eigenvalue weighted by Crippen LogP contribution is 2.16. The van der Waals surface area contributed by atoms with Crippen molar-refractivity contribution in [3.63, 3.8) is 0 Å². The number of anilines is 1. The van der Waals surface area contributed by atoms with E-state index in [2.05, 4.69) is 15.6 Å². The van der Waals surface area contributed by atoms with E-state index in [0.717, 1.165) is 22.7 Å². The predicted octanol–water partition coefficient (Wildman–Crippen LogP) is 3.05. The topological polar surface area (TPSA) is 57.3 Å². The first-order valence-electron chi connectivity index (χ1n) is 7.80. The molecule has 0 fully saturated rings. The minimum atomic E-state index is -0.166. The molecule has 6 heteroatoms. The minimum Gasteiger partial charge on any atom is -0.363 e. The summed E-state index contributed by atoms with van der Waals surface area (Å²) < 4.78 is 0. The molecule has 128 valence electrons. The van der Waals surface area contributed by atoms with Gasteiger partial charge in [0.2, 0.25) is 0 Å². The van der Waals surface area contributed by atoms with Gasteiger partial charge in [-0.15, -0.1) is 0 Å². The van der Waals surface area contributed by atoms with Gasteiger partial charge in [-0.25, -0.2) is 9.78 Å². The van der Waals surface area contributed by atoms with Gasteiger partial charge in [0.05, 0.1) is 6.04 Å². The number of nitrogens with one attached hydrogen (secondary N) is 2. The molecule has 1 unspecified atom stereocenters. The first kappa shape index (κ1) is 18.1. The monoisotopic (exact) mass is 344 g/mol. The summed E-state index contributed by atoms with van der Waals surface area (Å²) in [5.74, 6) is 1.71. The number of pyridine rings is 1. The summed E-state index contributed by atoms with van der Waals surface area (Å²) in [6.45, 7) is 0.468. The second-order valence-electron chi connectivity index (χ2n) is 5.66. The second-order valence-corrected chi connectivity index (χ2v) is 6.57. The molecule has 1 atom stereocenters. The molecule has 2 aromatic rings. The molecule has 0 spiro atoms. The molecule has 2 amide bonds. The van der Waals surface area contributed by atoms with Crippen LogP contribution in [0.15, 0.2) is 48.7 Å². The number of hydrogen-bond acceptors (Lipinski definition) is 4. The van der Waals surface area contributed by atoms with E-state index in [-0.39, 0.29) is 12.1 Å². The summed E-state index contributed by atoms with van der Waals surface area (Å²) in [5, 5.41) is 5.96. The number of hydrogen-bond donors (Lipinski definition) is 2. The molecular weight excluding hydrogens is 320 g/mol. The summed E-state index contributed by atoms with van der Waals surface area (Å²) in [6.07, 6.45) is 3.79. The minimum absolute atomic E-state index is 0.00373. The molecule has 0 bridgehead atoms. The van der Waals surface area contributed by atoms with Crippen LogP contribution in [0, 0.1) is 0 Å². The molecule has 0 aliphatic carbocycles. The van der Waals surface area contributed by atoms with Gasteiger partial charge < -0.3 is 15.5 Å². The average molecular weight is 344 g/mol. The van der Waals surface area contributed by atoms with Crippen molar-refractivity contribution < 1.29 is 4.79 Å². The van der Waals surface area contributed by atoms with Gasteiger partial charge in [0, 0.05) is 32.6 Å². The summed E-state index contributed by atoms with van der Waals surface area (Å²) in [7, 11) is 3.89. The van der Waals surface area contributed by atoms with Gasteiger partial charge in [-0.3, -0.25) is 0 Å². The molecule has 1 heterocycles. The van der Waals surface area contributed by atoms with Gasteiger partial charge in [-0.05, 0) is 29.5 Å². The molecule has 0 aliphatic heterocycles. The van der Waals surface area contributed by atoms with E-state index in [4.69, 9.17) is 0 Å². The summed E-state index contributed by atoms with van der Waals surface area (Å²) >= 11 is 1.71. The van der Waals surface area contributed by atoms with Crippen molar-refractivity contribution in [2.24, 2.45) is 0 Å². The van der Waals surface area contributed by atoms with E-state index in [1.54, 1.807) is 18.0 Å². The Morgan fingerprint density at radius 3 is 2.67 bits per heavy atom. The zero-order valence-electron chi connectivity index (χ0n) is 14.3. The lowest BCUT2D eigenvalue weighted by atomic mass is 10.1. The molecule has 1 aromatic carbocycles. The van der Waals surface area contributed by atoms with Crippen molar-refractivity contribution in [1.29, 1.82) is 0 Å². The van der Waals surface area contributed by atoms with Gasteiger partial charge in [0.1, 0.15) is 5.82 Å². The first-order valence-corrected chi connectivity index (χ1v) is 9.20. The zero-order valence-corrected chi connectivity index (χ0v) is 15.1. The third-order valence-corrected chi connectivity index (χ3v) is 4.23. The van der Waals surface area contributed by atoms with Crippen LogP contribution in [-0.4, -0.2) is 37.1 Å². The summed E-state index contributed by atoms with van der Waals surface area (Å²) in [6, 6.07) is 13.7. The van der Waals surface area contributed by atoms with Crippen molar-refractivity contribution in [2.75, 3.05) is 31.0 Å². The molecule has 1 aromatic heterocycles. The van der Waals surface area contributed by atoms with E-state index in [1.807, 2.05) is 67.7 Å². The first-order chi connectivity index (χ1) is 11.6. The average Bonchev–Trinajstić information content (AvgIpc) is 2.60. The fourth-order valence-corrected chi connectivity index (χ4v) is 2.89. The van der Waals surface area contributed by atoms with Crippen LogP contribution in [0.3, 0.4) is 0 Å². The van der Waals surface area contributed by atoms with Crippen molar-refractivity contribution >= 4 is 23.6 Å². The normalized spacial score (nSPS) is 11.6. The number of carbonyl (C=O) groups is 1. The van der Waals surface area contributed by atoms with E-state index in [9.17, 15) is 4.79 Å². The fraction of sp³-hybridized carbons (Fsp3) is 0.333. The van der Waals surface area contributed by atoms with Crippen LogP contribution in [0.1, 0.15) is 17.2 Å². The smallest absolute Gasteiger partial charge is 0.315 e. The zero-order chi connectivity index (χ0) is 17.4. The Bertz CT molecular complexity index is 648. The lowest BCUT2D eigenvalue weighted by Gasteiger charge is -2.19. The Hall–Kier alpha value is -2.21.